The van der Waals surface area contributed by atoms with Crippen LogP contribution in [0, 0.1) is 0 Å². The van der Waals surface area contributed by atoms with Crippen molar-refractivity contribution in [3.05, 3.63) is 12.3 Å². The van der Waals surface area contributed by atoms with E-state index in [4.69, 9.17) is 5.11 Å². The van der Waals surface area contributed by atoms with Crippen LogP contribution in [0.4, 0.5) is 0 Å². The van der Waals surface area contributed by atoms with E-state index >= 15 is 0 Å². The van der Waals surface area contributed by atoms with Crippen molar-refractivity contribution in [3.63, 3.8) is 0 Å². The molecule has 4 nitrogen and oxygen atoms in total. The van der Waals surface area contributed by atoms with Gasteiger partial charge in [-0.1, -0.05) is 6.58 Å². The van der Waals surface area contributed by atoms with Gasteiger partial charge in [-0.25, -0.2) is 4.79 Å². The van der Waals surface area contributed by atoms with E-state index < -0.39 is 5.97 Å². The standard InChI is InChI=1S/C6H8N2O2/c1-5(6(9)10)8-3-2-7-4-8/h4H,1-3H2,(H,9,10). The van der Waals surface area contributed by atoms with Gasteiger partial charge in [-0.05, 0) is 0 Å². The van der Waals surface area contributed by atoms with Gasteiger partial charge in [-0.2, -0.15) is 0 Å². The van der Waals surface area contributed by atoms with Crippen LogP contribution in [0.5, 0.6) is 0 Å². The summed E-state index contributed by atoms with van der Waals surface area (Å²) >= 11 is 0. The molecule has 0 aromatic heterocycles. The zero-order valence-electron chi connectivity index (χ0n) is 5.45. The number of aliphatic carboxylic acids is 1. The Morgan fingerprint density at radius 2 is 2.50 bits per heavy atom. The van der Waals surface area contributed by atoms with E-state index in [0.717, 1.165) is 0 Å². The molecule has 0 aromatic carbocycles. The number of hydrogen-bond donors (Lipinski definition) is 1. The van der Waals surface area contributed by atoms with Crippen LogP contribution in [0.2, 0.25) is 0 Å². The summed E-state index contributed by atoms with van der Waals surface area (Å²) in [6.07, 6.45) is 1.50. The lowest BCUT2D eigenvalue weighted by Gasteiger charge is -2.11. The zero-order chi connectivity index (χ0) is 7.56. The Morgan fingerprint density at radius 1 is 1.80 bits per heavy atom. The van der Waals surface area contributed by atoms with Gasteiger partial charge in [-0.15, -0.1) is 0 Å². The summed E-state index contributed by atoms with van der Waals surface area (Å²) in [5.41, 5.74) is 0.0845. The molecule has 1 rings (SSSR count). The van der Waals surface area contributed by atoms with E-state index in [1.54, 1.807) is 0 Å². The van der Waals surface area contributed by atoms with Crippen LogP contribution < -0.4 is 0 Å². The number of rotatable bonds is 2. The van der Waals surface area contributed by atoms with Gasteiger partial charge in [0.1, 0.15) is 5.70 Å². The third-order valence-electron chi connectivity index (χ3n) is 1.28. The number of carboxylic acid groups (broad SMARTS) is 1. The average molecular weight is 140 g/mol. The number of aliphatic imine (C=N–C) groups is 1. The minimum absolute atomic E-state index is 0.0845. The van der Waals surface area contributed by atoms with Crippen molar-refractivity contribution in [1.29, 1.82) is 0 Å². The number of hydrogen-bond acceptors (Lipinski definition) is 3. The maximum Gasteiger partial charge on any atom is 0.351 e. The number of carbonyl (C=O) groups is 1. The van der Waals surface area contributed by atoms with E-state index in [2.05, 4.69) is 11.6 Å². The van der Waals surface area contributed by atoms with Crippen molar-refractivity contribution in [2.24, 2.45) is 4.99 Å². The molecule has 0 spiro atoms. The maximum absolute atomic E-state index is 10.3. The largest absolute Gasteiger partial charge is 0.477 e. The molecule has 10 heavy (non-hydrogen) atoms. The van der Waals surface area contributed by atoms with E-state index in [9.17, 15) is 4.79 Å². The van der Waals surface area contributed by atoms with Gasteiger partial charge >= 0.3 is 5.97 Å². The van der Waals surface area contributed by atoms with Gasteiger partial charge in [0.15, 0.2) is 0 Å². The van der Waals surface area contributed by atoms with Crippen molar-refractivity contribution in [2.75, 3.05) is 13.1 Å². The monoisotopic (exact) mass is 140 g/mol. The molecular weight excluding hydrogens is 132 g/mol. The molecule has 0 saturated heterocycles. The zero-order valence-corrected chi connectivity index (χ0v) is 5.45. The molecule has 54 valence electrons. The molecule has 1 heterocycles. The third kappa shape index (κ3) is 1.15. The average Bonchev–Trinajstić information content (AvgIpc) is 2.36. The van der Waals surface area contributed by atoms with Crippen molar-refractivity contribution in [1.82, 2.24) is 4.90 Å². The Bertz CT molecular complexity index is 198. The fourth-order valence-electron chi connectivity index (χ4n) is 0.707. The van der Waals surface area contributed by atoms with Crippen molar-refractivity contribution in [3.8, 4) is 0 Å². The van der Waals surface area contributed by atoms with E-state index in [1.807, 2.05) is 0 Å². The van der Waals surface area contributed by atoms with Crippen LogP contribution in [-0.2, 0) is 4.79 Å². The molecule has 1 aliphatic rings. The fraction of sp³-hybridized carbons (Fsp3) is 0.333. The third-order valence-corrected chi connectivity index (χ3v) is 1.28. The van der Waals surface area contributed by atoms with Crippen LogP contribution in [0.25, 0.3) is 0 Å². The Morgan fingerprint density at radius 3 is 2.90 bits per heavy atom. The first-order chi connectivity index (χ1) is 4.72. The maximum atomic E-state index is 10.3. The molecule has 0 atom stereocenters. The second kappa shape index (κ2) is 2.51. The summed E-state index contributed by atoms with van der Waals surface area (Å²) in [5.74, 6) is -0.992. The topological polar surface area (TPSA) is 52.9 Å². The Balaban J connectivity index is 2.57. The van der Waals surface area contributed by atoms with Gasteiger partial charge in [0, 0.05) is 6.54 Å². The van der Waals surface area contributed by atoms with Crippen molar-refractivity contribution < 1.29 is 9.90 Å². The highest BCUT2D eigenvalue weighted by atomic mass is 16.4. The Hall–Kier alpha value is -1.32. The summed E-state index contributed by atoms with van der Waals surface area (Å²) < 4.78 is 0. The highest BCUT2D eigenvalue weighted by Crippen LogP contribution is 2.02. The lowest BCUT2D eigenvalue weighted by atomic mass is 10.4. The van der Waals surface area contributed by atoms with E-state index in [0.29, 0.717) is 13.1 Å². The first-order valence-electron chi connectivity index (χ1n) is 2.90. The van der Waals surface area contributed by atoms with E-state index in [1.165, 1.54) is 11.2 Å². The molecule has 0 bridgehead atoms. The summed E-state index contributed by atoms with van der Waals surface area (Å²) in [4.78, 5) is 15.6. The van der Waals surface area contributed by atoms with Crippen LogP contribution in [0.15, 0.2) is 17.3 Å². The molecule has 0 amide bonds. The molecule has 0 radical (unpaired) electrons. The van der Waals surface area contributed by atoms with Crippen LogP contribution in [-0.4, -0.2) is 35.4 Å². The highest BCUT2D eigenvalue weighted by Gasteiger charge is 2.14. The minimum Gasteiger partial charge on any atom is -0.477 e. The smallest absolute Gasteiger partial charge is 0.351 e. The second-order valence-electron chi connectivity index (χ2n) is 1.97. The Labute approximate surface area is 58.5 Å². The number of carboxylic acids is 1. The predicted molar refractivity (Wildman–Crippen MR) is 36.8 cm³/mol. The number of nitrogens with zero attached hydrogens (tertiary/aromatic N) is 2. The lowest BCUT2D eigenvalue weighted by molar-refractivity contribution is -0.133. The second-order valence-corrected chi connectivity index (χ2v) is 1.97. The van der Waals surface area contributed by atoms with Gasteiger partial charge in [-0.3, -0.25) is 4.99 Å². The van der Waals surface area contributed by atoms with Gasteiger partial charge in [0.25, 0.3) is 0 Å². The van der Waals surface area contributed by atoms with Crippen LogP contribution >= 0.6 is 0 Å². The summed E-state index contributed by atoms with van der Waals surface area (Å²) in [5, 5.41) is 8.44. The molecule has 0 aliphatic carbocycles. The lowest BCUT2D eigenvalue weighted by Crippen LogP contribution is -2.23. The first-order valence-corrected chi connectivity index (χ1v) is 2.90. The van der Waals surface area contributed by atoms with Gasteiger partial charge < -0.3 is 10.0 Å². The molecule has 0 unspecified atom stereocenters. The molecule has 0 saturated carbocycles. The summed E-state index contributed by atoms with van der Waals surface area (Å²) in [7, 11) is 0. The fourth-order valence-corrected chi connectivity index (χ4v) is 0.707. The van der Waals surface area contributed by atoms with Crippen LogP contribution in [0.1, 0.15) is 0 Å². The van der Waals surface area contributed by atoms with Gasteiger partial charge in [0.2, 0.25) is 0 Å². The SMILES string of the molecule is C=C(C(=O)O)N1C=NCC1. The Kier molecular flexibility index (Phi) is 1.71. The predicted octanol–water partition coefficient (Wildman–Crippen LogP) is -0.0714. The minimum atomic E-state index is -0.992. The van der Waals surface area contributed by atoms with Crippen LogP contribution in [0.3, 0.4) is 0 Å². The summed E-state index contributed by atoms with van der Waals surface area (Å²) in [6.45, 7) is 4.66. The molecule has 1 aliphatic heterocycles. The molecular formula is C6H8N2O2. The van der Waals surface area contributed by atoms with Crippen molar-refractivity contribution >= 4 is 12.3 Å². The first kappa shape index (κ1) is 6.80. The quantitative estimate of drug-likeness (QED) is 0.546. The molecule has 1 N–H and O–H groups in total. The normalized spacial score (nSPS) is 15.8. The van der Waals surface area contributed by atoms with Gasteiger partial charge in [0.05, 0.1) is 12.9 Å². The molecule has 0 fully saturated rings. The van der Waals surface area contributed by atoms with Crippen molar-refractivity contribution in [2.45, 2.75) is 0 Å². The highest BCUT2D eigenvalue weighted by molar-refractivity contribution is 5.88. The van der Waals surface area contributed by atoms with E-state index in [-0.39, 0.29) is 5.70 Å². The molecule has 0 aromatic rings. The molecule has 4 heteroatoms. The summed E-state index contributed by atoms with van der Waals surface area (Å²) in [6, 6.07) is 0.